The maximum Gasteiger partial charge on any atom is 0.319 e. The van der Waals surface area contributed by atoms with Crippen LogP contribution in [0.3, 0.4) is 0 Å². The van der Waals surface area contributed by atoms with Crippen LogP contribution in [0.15, 0.2) is 24.3 Å². The van der Waals surface area contributed by atoms with Crippen molar-refractivity contribution in [2.24, 2.45) is 5.41 Å². The van der Waals surface area contributed by atoms with Gasteiger partial charge in [-0.1, -0.05) is 13.3 Å². The molecule has 114 valence electrons. The van der Waals surface area contributed by atoms with E-state index in [1.54, 1.807) is 24.3 Å². The fourth-order valence-electron chi connectivity index (χ4n) is 2.78. The van der Waals surface area contributed by atoms with E-state index < -0.39 is 0 Å². The molecule has 0 aliphatic heterocycles. The van der Waals surface area contributed by atoms with Crippen molar-refractivity contribution in [2.75, 3.05) is 11.9 Å². The molecule has 0 bridgehead atoms. The minimum Gasteiger partial charge on any atom is -0.396 e. The average Bonchev–Trinajstić information content (AvgIpc) is 2.81. The van der Waals surface area contributed by atoms with E-state index in [0.717, 1.165) is 19.3 Å². The smallest absolute Gasteiger partial charge is 0.319 e. The molecule has 5 heteroatoms. The number of carbonyl (C=O) groups is 2. The standard InChI is InChI=1S/C16H22N2O3/c1-11(20)12-5-7-13(8-6-12)17-15(21)18-14-4-3-9-16(14,2)10-19/h5-8,14,19H,3-4,9-10H2,1-2H3,(H2,17,18,21). The van der Waals surface area contributed by atoms with E-state index in [1.807, 2.05) is 6.92 Å². The Labute approximate surface area is 124 Å². The number of nitrogens with one attached hydrogen (secondary N) is 2. The van der Waals surface area contributed by atoms with Crippen LogP contribution in [-0.2, 0) is 0 Å². The number of benzene rings is 1. The second kappa shape index (κ2) is 6.26. The molecule has 2 atom stereocenters. The summed E-state index contributed by atoms with van der Waals surface area (Å²) in [4.78, 5) is 23.2. The van der Waals surface area contributed by atoms with Crippen molar-refractivity contribution < 1.29 is 14.7 Å². The van der Waals surface area contributed by atoms with Gasteiger partial charge in [0.25, 0.3) is 0 Å². The zero-order valence-corrected chi connectivity index (χ0v) is 12.5. The summed E-state index contributed by atoms with van der Waals surface area (Å²) in [5.41, 5.74) is 1.02. The number of carbonyl (C=O) groups excluding carboxylic acids is 2. The number of ketones is 1. The Morgan fingerprint density at radius 1 is 1.33 bits per heavy atom. The molecule has 0 radical (unpaired) electrons. The second-order valence-electron chi connectivity index (χ2n) is 5.99. The summed E-state index contributed by atoms with van der Waals surface area (Å²) in [5, 5.41) is 15.2. The number of amides is 2. The molecule has 3 N–H and O–H groups in total. The maximum absolute atomic E-state index is 12.0. The lowest BCUT2D eigenvalue weighted by Crippen LogP contribution is -2.46. The highest BCUT2D eigenvalue weighted by atomic mass is 16.3. The summed E-state index contributed by atoms with van der Waals surface area (Å²) < 4.78 is 0. The highest BCUT2D eigenvalue weighted by molar-refractivity contribution is 5.95. The second-order valence-corrected chi connectivity index (χ2v) is 5.99. The van der Waals surface area contributed by atoms with Crippen molar-refractivity contribution in [2.45, 2.75) is 39.2 Å². The minimum atomic E-state index is -0.280. The molecule has 5 nitrogen and oxygen atoms in total. The molecule has 2 amide bonds. The van der Waals surface area contributed by atoms with E-state index in [9.17, 15) is 14.7 Å². The SMILES string of the molecule is CC(=O)c1ccc(NC(=O)NC2CCCC2(C)CO)cc1. The molecule has 1 aliphatic carbocycles. The van der Waals surface area contributed by atoms with Crippen LogP contribution >= 0.6 is 0 Å². The van der Waals surface area contributed by atoms with Crippen molar-refractivity contribution in [3.63, 3.8) is 0 Å². The van der Waals surface area contributed by atoms with Gasteiger partial charge in [-0.2, -0.15) is 0 Å². The zero-order valence-electron chi connectivity index (χ0n) is 12.5. The zero-order chi connectivity index (χ0) is 15.5. The molecule has 1 aliphatic rings. The van der Waals surface area contributed by atoms with E-state index in [0.29, 0.717) is 11.3 Å². The first kappa shape index (κ1) is 15.5. The fourth-order valence-corrected chi connectivity index (χ4v) is 2.78. The van der Waals surface area contributed by atoms with Gasteiger partial charge < -0.3 is 15.7 Å². The van der Waals surface area contributed by atoms with Crippen LogP contribution in [0.4, 0.5) is 10.5 Å². The van der Waals surface area contributed by atoms with Crippen molar-refractivity contribution in [3.8, 4) is 0 Å². The number of aliphatic hydroxyl groups is 1. The Bertz CT molecular complexity index is 527. The Kier molecular flexibility index (Phi) is 4.63. The Balaban J connectivity index is 1.94. The third-order valence-corrected chi connectivity index (χ3v) is 4.30. The van der Waals surface area contributed by atoms with Gasteiger partial charge in [0.05, 0.1) is 6.61 Å². The third-order valence-electron chi connectivity index (χ3n) is 4.30. The number of Topliss-reactive ketones (excluding diaryl/α,β-unsaturated/α-hetero) is 1. The number of anilines is 1. The summed E-state index contributed by atoms with van der Waals surface area (Å²) in [5.74, 6) is -0.00401. The first-order valence-electron chi connectivity index (χ1n) is 7.24. The molecule has 1 saturated carbocycles. The van der Waals surface area contributed by atoms with Gasteiger partial charge in [0.1, 0.15) is 0 Å². The molecule has 0 aromatic heterocycles. The molecule has 1 aromatic rings. The monoisotopic (exact) mass is 290 g/mol. The number of hydrogen-bond acceptors (Lipinski definition) is 3. The van der Waals surface area contributed by atoms with Crippen molar-refractivity contribution >= 4 is 17.5 Å². The van der Waals surface area contributed by atoms with Crippen LogP contribution in [-0.4, -0.2) is 29.6 Å². The third kappa shape index (κ3) is 3.61. The van der Waals surface area contributed by atoms with Gasteiger partial charge >= 0.3 is 6.03 Å². The Morgan fingerprint density at radius 2 is 2.00 bits per heavy atom. The fraction of sp³-hybridized carbons (Fsp3) is 0.500. The predicted octanol–water partition coefficient (Wildman–Crippen LogP) is 2.56. The summed E-state index contributed by atoms with van der Waals surface area (Å²) in [6.07, 6.45) is 2.81. The number of rotatable bonds is 4. The largest absolute Gasteiger partial charge is 0.396 e. The Morgan fingerprint density at radius 3 is 2.57 bits per heavy atom. The minimum absolute atomic E-state index is 0.00401. The van der Waals surface area contributed by atoms with E-state index >= 15 is 0 Å². The summed E-state index contributed by atoms with van der Waals surface area (Å²) in [6.45, 7) is 3.57. The van der Waals surface area contributed by atoms with Gasteiger partial charge in [-0.15, -0.1) is 0 Å². The van der Waals surface area contributed by atoms with Crippen molar-refractivity contribution in [1.29, 1.82) is 0 Å². The van der Waals surface area contributed by atoms with Gasteiger partial charge in [0.2, 0.25) is 0 Å². The van der Waals surface area contributed by atoms with Gasteiger partial charge in [-0.25, -0.2) is 4.79 Å². The van der Waals surface area contributed by atoms with E-state index in [4.69, 9.17) is 0 Å². The maximum atomic E-state index is 12.0. The van der Waals surface area contributed by atoms with Crippen LogP contribution < -0.4 is 10.6 Å². The molecule has 2 unspecified atom stereocenters. The number of aliphatic hydroxyl groups excluding tert-OH is 1. The topological polar surface area (TPSA) is 78.4 Å². The lowest BCUT2D eigenvalue weighted by molar-refractivity contribution is 0.101. The van der Waals surface area contributed by atoms with Crippen LogP contribution in [0.2, 0.25) is 0 Å². The van der Waals surface area contributed by atoms with Gasteiger partial charge in [0, 0.05) is 22.7 Å². The molecule has 0 heterocycles. The number of urea groups is 1. The van der Waals surface area contributed by atoms with Crippen molar-refractivity contribution in [1.82, 2.24) is 5.32 Å². The lowest BCUT2D eigenvalue weighted by atomic mass is 9.86. The summed E-state index contributed by atoms with van der Waals surface area (Å²) in [7, 11) is 0. The number of hydrogen-bond donors (Lipinski definition) is 3. The van der Waals surface area contributed by atoms with E-state index in [-0.39, 0.29) is 29.9 Å². The van der Waals surface area contributed by atoms with Crippen LogP contribution in [0.5, 0.6) is 0 Å². The molecular formula is C16H22N2O3. The average molecular weight is 290 g/mol. The molecular weight excluding hydrogens is 268 g/mol. The molecule has 1 fully saturated rings. The lowest BCUT2D eigenvalue weighted by Gasteiger charge is -2.30. The van der Waals surface area contributed by atoms with Gasteiger partial charge in [-0.3, -0.25) is 4.79 Å². The molecule has 21 heavy (non-hydrogen) atoms. The Hall–Kier alpha value is -1.88. The molecule has 2 rings (SSSR count). The first-order valence-corrected chi connectivity index (χ1v) is 7.24. The summed E-state index contributed by atoms with van der Waals surface area (Å²) in [6, 6.07) is 6.49. The van der Waals surface area contributed by atoms with Gasteiger partial charge in [-0.05, 0) is 44.0 Å². The van der Waals surface area contributed by atoms with Crippen LogP contribution in [0.25, 0.3) is 0 Å². The normalized spacial score (nSPS) is 24.6. The highest BCUT2D eigenvalue weighted by Crippen LogP contribution is 2.37. The van der Waals surface area contributed by atoms with E-state index in [1.165, 1.54) is 6.92 Å². The van der Waals surface area contributed by atoms with Crippen LogP contribution in [0.1, 0.15) is 43.5 Å². The molecule has 0 saturated heterocycles. The first-order chi connectivity index (χ1) is 9.94. The van der Waals surface area contributed by atoms with Gasteiger partial charge in [0.15, 0.2) is 5.78 Å². The molecule has 0 spiro atoms. The summed E-state index contributed by atoms with van der Waals surface area (Å²) >= 11 is 0. The van der Waals surface area contributed by atoms with Crippen LogP contribution in [0, 0.1) is 5.41 Å². The highest BCUT2D eigenvalue weighted by Gasteiger charge is 2.39. The quantitative estimate of drug-likeness (QED) is 0.746. The molecule has 1 aromatic carbocycles. The van der Waals surface area contributed by atoms with E-state index in [2.05, 4.69) is 10.6 Å². The predicted molar refractivity (Wildman–Crippen MR) is 81.4 cm³/mol. The van der Waals surface area contributed by atoms with Crippen molar-refractivity contribution in [3.05, 3.63) is 29.8 Å².